The fraction of sp³-hybridized carbons (Fsp3) is 0.500. The topological polar surface area (TPSA) is 12.0 Å². The lowest BCUT2D eigenvalue weighted by molar-refractivity contribution is 0.437. The summed E-state index contributed by atoms with van der Waals surface area (Å²) in [7, 11) is 2.06. The number of aryl methyl sites for hydroxylation is 1. The van der Waals surface area contributed by atoms with Gasteiger partial charge in [-0.3, -0.25) is 0 Å². The largest absolute Gasteiger partial charge is 0.313 e. The Morgan fingerprint density at radius 1 is 1.43 bits per heavy atom. The number of fused-ring (bicyclic) bond motifs is 1. The van der Waals surface area contributed by atoms with E-state index >= 15 is 0 Å². The maximum Gasteiger partial charge on any atom is 0.0362 e. The van der Waals surface area contributed by atoms with Crippen LogP contribution >= 0.6 is 11.8 Å². The minimum atomic E-state index is 0.534. The van der Waals surface area contributed by atoms with Crippen LogP contribution in [-0.4, -0.2) is 12.8 Å². The van der Waals surface area contributed by atoms with Crippen molar-refractivity contribution in [3.8, 4) is 0 Å². The summed E-state index contributed by atoms with van der Waals surface area (Å²) in [6.45, 7) is 4.48. The van der Waals surface area contributed by atoms with Crippen molar-refractivity contribution in [2.45, 2.75) is 24.8 Å². The van der Waals surface area contributed by atoms with Gasteiger partial charge in [-0.25, -0.2) is 0 Å². The molecule has 1 aromatic rings. The third kappa shape index (κ3) is 1.69. The molecule has 0 aliphatic carbocycles. The van der Waals surface area contributed by atoms with Gasteiger partial charge in [0.2, 0.25) is 0 Å². The molecule has 0 saturated heterocycles. The van der Waals surface area contributed by atoms with E-state index in [1.165, 1.54) is 21.8 Å². The first-order valence-corrected chi connectivity index (χ1v) is 6.11. The Morgan fingerprint density at radius 2 is 2.21 bits per heavy atom. The Balaban J connectivity index is 2.41. The van der Waals surface area contributed by atoms with E-state index in [-0.39, 0.29) is 0 Å². The zero-order valence-corrected chi connectivity index (χ0v) is 9.82. The molecular formula is C12H17NS. The van der Waals surface area contributed by atoms with Crippen molar-refractivity contribution in [3.63, 3.8) is 0 Å². The second kappa shape index (κ2) is 3.95. The summed E-state index contributed by atoms with van der Waals surface area (Å²) in [5.74, 6) is 1.95. The summed E-state index contributed by atoms with van der Waals surface area (Å²) in [4.78, 5) is 1.46. The number of thioether (sulfide) groups is 1. The maximum absolute atomic E-state index is 3.42. The molecule has 0 bridgehead atoms. The van der Waals surface area contributed by atoms with Crippen LogP contribution in [0.2, 0.25) is 0 Å². The summed E-state index contributed by atoms with van der Waals surface area (Å²) in [5.41, 5.74) is 2.84. The van der Waals surface area contributed by atoms with Gasteiger partial charge in [0, 0.05) is 16.7 Å². The predicted octanol–water partition coefficient (Wildman–Crippen LogP) is 3.00. The molecule has 1 nitrogen and oxygen atoms in total. The Bertz CT molecular complexity index is 335. The van der Waals surface area contributed by atoms with Gasteiger partial charge >= 0.3 is 0 Å². The molecular weight excluding hydrogens is 190 g/mol. The Kier molecular flexibility index (Phi) is 2.84. The second-order valence-electron chi connectivity index (χ2n) is 4.10. The number of benzene rings is 1. The first kappa shape index (κ1) is 10.1. The quantitative estimate of drug-likeness (QED) is 0.760. The summed E-state index contributed by atoms with van der Waals surface area (Å²) in [5, 5.41) is 3.42. The van der Waals surface area contributed by atoms with Crippen molar-refractivity contribution in [2.24, 2.45) is 5.92 Å². The molecule has 1 aromatic carbocycles. The summed E-state index contributed by atoms with van der Waals surface area (Å²) in [6.07, 6.45) is 0. The highest BCUT2D eigenvalue weighted by molar-refractivity contribution is 7.99. The van der Waals surface area contributed by atoms with Crippen LogP contribution in [0.3, 0.4) is 0 Å². The van der Waals surface area contributed by atoms with Crippen LogP contribution in [0.1, 0.15) is 24.1 Å². The normalized spacial score (nSPS) is 25.9. The van der Waals surface area contributed by atoms with Gasteiger partial charge in [0.05, 0.1) is 0 Å². The zero-order valence-electron chi connectivity index (χ0n) is 9.00. The molecule has 0 fully saturated rings. The molecule has 2 rings (SSSR count). The van der Waals surface area contributed by atoms with E-state index in [0.717, 1.165) is 5.92 Å². The molecule has 1 heterocycles. The number of nitrogens with one attached hydrogen (secondary N) is 1. The van der Waals surface area contributed by atoms with Crippen LogP contribution in [0.15, 0.2) is 23.1 Å². The molecule has 0 radical (unpaired) electrons. The van der Waals surface area contributed by atoms with Crippen LogP contribution in [0.5, 0.6) is 0 Å². The molecule has 1 aliphatic heterocycles. The molecule has 0 spiro atoms. The molecule has 14 heavy (non-hydrogen) atoms. The molecule has 0 aromatic heterocycles. The van der Waals surface area contributed by atoms with Gasteiger partial charge in [-0.2, -0.15) is 0 Å². The van der Waals surface area contributed by atoms with Crippen LogP contribution in [-0.2, 0) is 0 Å². The monoisotopic (exact) mass is 207 g/mol. The van der Waals surface area contributed by atoms with Crippen LogP contribution in [0.4, 0.5) is 0 Å². The SMILES string of the molecule is CNC1c2ccc(C)cc2SCC1C. The van der Waals surface area contributed by atoms with Gasteiger partial charge < -0.3 is 5.32 Å². The minimum Gasteiger partial charge on any atom is -0.313 e. The van der Waals surface area contributed by atoms with Crippen molar-refractivity contribution >= 4 is 11.8 Å². The van der Waals surface area contributed by atoms with E-state index in [0.29, 0.717) is 6.04 Å². The third-order valence-corrected chi connectivity index (χ3v) is 4.24. The number of rotatable bonds is 1. The molecule has 0 saturated carbocycles. The molecule has 1 N–H and O–H groups in total. The Hall–Kier alpha value is -0.470. The average molecular weight is 207 g/mol. The third-order valence-electron chi connectivity index (χ3n) is 2.89. The lowest BCUT2D eigenvalue weighted by Crippen LogP contribution is -2.28. The summed E-state index contributed by atoms with van der Waals surface area (Å²) < 4.78 is 0. The average Bonchev–Trinajstić information content (AvgIpc) is 2.18. The van der Waals surface area contributed by atoms with E-state index in [2.05, 4.69) is 44.4 Å². The predicted molar refractivity (Wildman–Crippen MR) is 62.9 cm³/mol. The molecule has 2 atom stereocenters. The standard InChI is InChI=1S/C12H17NS/c1-8-4-5-10-11(6-8)14-7-9(2)12(10)13-3/h4-6,9,12-13H,7H2,1-3H3. The molecule has 1 aliphatic rings. The van der Waals surface area contributed by atoms with E-state index in [1.54, 1.807) is 0 Å². The number of hydrogen-bond acceptors (Lipinski definition) is 2. The van der Waals surface area contributed by atoms with Gasteiger partial charge in [0.15, 0.2) is 0 Å². The molecule has 2 unspecified atom stereocenters. The highest BCUT2D eigenvalue weighted by Crippen LogP contribution is 2.39. The molecule has 2 heteroatoms. The van der Waals surface area contributed by atoms with Crippen LogP contribution < -0.4 is 5.32 Å². The van der Waals surface area contributed by atoms with Gasteiger partial charge in [-0.1, -0.05) is 19.1 Å². The van der Waals surface area contributed by atoms with E-state index in [1.807, 2.05) is 11.8 Å². The van der Waals surface area contributed by atoms with Crippen molar-refractivity contribution < 1.29 is 0 Å². The van der Waals surface area contributed by atoms with Gasteiger partial charge in [-0.05, 0) is 37.1 Å². The van der Waals surface area contributed by atoms with Gasteiger partial charge in [0.1, 0.15) is 0 Å². The van der Waals surface area contributed by atoms with E-state index in [9.17, 15) is 0 Å². The van der Waals surface area contributed by atoms with E-state index < -0.39 is 0 Å². The Labute approximate surface area is 90.3 Å². The second-order valence-corrected chi connectivity index (χ2v) is 5.16. The van der Waals surface area contributed by atoms with Gasteiger partial charge in [0.25, 0.3) is 0 Å². The van der Waals surface area contributed by atoms with Crippen molar-refractivity contribution in [3.05, 3.63) is 29.3 Å². The van der Waals surface area contributed by atoms with Crippen LogP contribution in [0, 0.1) is 12.8 Å². The lowest BCUT2D eigenvalue weighted by atomic mass is 9.95. The summed E-state index contributed by atoms with van der Waals surface area (Å²) in [6, 6.07) is 7.32. The first-order valence-electron chi connectivity index (χ1n) is 5.13. The van der Waals surface area contributed by atoms with Crippen LogP contribution in [0.25, 0.3) is 0 Å². The highest BCUT2D eigenvalue weighted by Gasteiger charge is 2.25. The smallest absolute Gasteiger partial charge is 0.0362 e. The first-order chi connectivity index (χ1) is 6.72. The number of hydrogen-bond donors (Lipinski definition) is 1. The van der Waals surface area contributed by atoms with E-state index in [4.69, 9.17) is 0 Å². The fourth-order valence-electron chi connectivity index (χ4n) is 2.09. The van der Waals surface area contributed by atoms with Crippen molar-refractivity contribution in [1.82, 2.24) is 5.32 Å². The fourth-order valence-corrected chi connectivity index (χ4v) is 3.35. The van der Waals surface area contributed by atoms with Gasteiger partial charge in [-0.15, -0.1) is 11.8 Å². The maximum atomic E-state index is 3.42. The molecule has 76 valence electrons. The molecule has 0 amide bonds. The van der Waals surface area contributed by atoms with Crippen molar-refractivity contribution in [1.29, 1.82) is 0 Å². The zero-order chi connectivity index (χ0) is 10.1. The summed E-state index contributed by atoms with van der Waals surface area (Å²) >= 11 is 1.99. The minimum absolute atomic E-state index is 0.534. The lowest BCUT2D eigenvalue weighted by Gasteiger charge is -2.30. The van der Waals surface area contributed by atoms with Crippen molar-refractivity contribution in [2.75, 3.05) is 12.8 Å². The Morgan fingerprint density at radius 3 is 2.93 bits per heavy atom. The highest BCUT2D eigenvalue weighted by atomic mass is 32.2.